The maximum atomic E-state index is 12.5. The Morgan fingerprint density at radius 3 is 2.54 bits per heavy atom. The van der Waals surface area contributed by atoms with Crippen LogP contribution in [0.4, 0.5) is 4.79 Å². The minimum absolute atomic E-state index is 0.0706. The van der Waals surface area contributed by atoms with Gasteiger partial charge >= 0.3 is 12.0 Å². The average molecular weight is 353 g/mol. The van der Waals surface area contributed by atoms with Gasteiger partial charge in [0, 0.05) is 17.8 Å². The number of hydrogen-bond donors (Lipinski definition) is 1. The number of thiazole rings is 1. The number of carbonyl (C=O) groups excluding carboxylic acids is 2. The molecule has 7 heteroatoms. The van der Waals surface area contributed by atoms with E-state index >= 15 is 0 Å². The van der Waals surface area contributed by atoms with E-state index in [4.69, 9.17) is 4.74 Å². The summed E-state index contributed by atoms with van der Waals surface area (Å²) in [5, 5.41) is 5.74. The molecule has 134 valence electrons. The SMILES string of the molecule is C=CCN(Cc1csc(C(C)C)n1)C(=O)N[C@H](C(=O)OC)C(C)C. The van der Waals surface area contributed by atoms with E-state index in [-0.39, 0.29) is 11.9 Å². The van der Waals surface area contributed by atoms with E-state index in [0.717, 1.165) is 10.7 Å². The smallest absolute Gasteiger partial charge is 0.328 e. The zero-order valence-electron chi connectivity index (χ0n) is 15.0. The van der Waals surface area contributed by atoms with E-state index in [1.54, 1.807) is 22.3 Å². The first-order valence-electron chi connectivity index (χ1n) is 7.98. The van der Waals surface area contributed by atoms with Crippen molar-refractivity contribution in [3.8, 4) is 0 Å². The molecule has 0 aromatic carbocycles. The van der Waals surface area contributed by atoms with Gasteiger partial charge < -0.3 is 15.0 Å². The summed E-state index contributed by atoms with van der Waals surface area (Å²) in [5.41, 5.74) is 0.833. The number of methoxy groups -OCH3 is 1. The normalized spacial score (nSPS) is 12.1. The van der Waals surface area contributed by atoms with Crippen LogP contribution in [0.1, 0.15) is 44.3 Å². The first kappa shape index (κ1) is 20.2. The van der Waals surface area contributed by atoms with E-state index in [1.807, 2.05) is 19.2 Å². The maximum absolute atomic E-state index is 12.5. The predicted molar refractivity (Wildman–Crippen MR) is 96.0 cm³/mol. The quantitative estimate of drug-likeness (QED) is 0.576. The Morgan fingerprint density at radius 2 is 2.08 bits per heavy atom. The Bertz CT molecular complexity index is 569. The number of esters is 1. The molecule has 1 N–H and O–H groups in total. The summed E-state index contributed by atoms with van der Waals surface area (Å²) in [6, 6.07) is -1.02. The third kappa shape index (κ3) is 5.63. The number of urea groups is 1. The van der Waals surface area contributed by atoms with Gasteiger partial charge in [-0.1, -0.05) is 33.8 Å². The number of nitrogens with zero attached hydrogens (tertiary/aromatic N) is 2. The Kier molecular flexibility index (Phi) is 7.91. The molecule has 0 aliphatic heterocycles. The third-order valence-electron chi connectivity index (χ3n) is 3.45. The molecule has 6 nitrogen and oxygen atoms in total. The summed E-state index contributed by atoms with van der Waals surface area (Å²) in [5.74, 6) is -0.165. The average Bonchev–Trinajstić information content (AvgIpc) is 2.99. The van der Waals surface area contributed by atoms with Gasteiger partial charge in [-0.3, -0.25) is 0 Å². The molecule has 1 heterocycles. The van der Waals surface area contributed by atoms with Crippen LogP contribution in [0.15, 0.2) is 18.0 Å². The molecule has 0 saturated heterocycles. The van der Waals surface area contributed by atoms with Crippen LogP contribution in [0.25, 0.3) is 0 Å². The summed E-state index contributed by atoms with van der Waals surface area (Å²) >= 11 is 1.59. The van der Waals surface area contributed by atoms with E-state index in [1.165, 1.54) is 7.11 Å². The van der Waals surface area contributed by atoms with Crippen molar-refractivity contribution >= 4 is 23.3 Å². The lowest BCUT2D eigenvalue weighted by Gasteiger charge is -2.25. The summed E-state index contributed by atoms with van der Waals surface area (Å²) < 4.78 is 4.76. The van der Waals surface area contributed by atoms with Crippen LogP contribution in [-0.4, -0.2) is 41.6 Å². The number of rotatable bonds is 8. The van der Waals surface area contributed by atoms with Crippen LogP contribution in [-0.2, 0) is 16.1 Å². The van der Waals surface area contributed by atoms with Gasteiger partial charge in [-0.15, -0.1) is 17.9 Å². The largest absolute Gasteiger partial charge is 0.467 e. The van der Waals surface area contributed by atoms with Crippen LogP contribution in [0, 0.1) is 5.92 Å². The number of ether oxygens (including phenoxy) is 1. The lowest BCUT2D eigenvalue weighted by molar-refractivity contribution is -0.144. The summed E-state index contributed by atoms with van der Waals surface area (Å²) in [6.07, 6.45) is 1.65. The predicted octanol–water partition coefficient (Wildman–Crippen LogP) is 3.16. The molecule has 0 aliphatic carbocycles. The first-order chi connectivity index (χ1) is 11.3. The van der Waals surface area contributed by atoms with Crippen molar-refractivity contribution in [3.05, 3.63) is 28.7 Å². The Balaban J connectivity index is 2.83. The minimum Gasteiger partial charge on any atom is -0.467 e. The highest BCUT2D eigenvalue weighted by Crippen LogP contribution is 2.20. The highest BCUT2D eigenvalue weighted by Gasteiger charge is 2.27. The Morgan fingerprint density at radius 1 is 1.42 bits per heavy atom. The minimum atomic E-state index is -0.684. The Labute approximate surface area is 147 Å². The van der Waals surface area contributed by atoms with Crippen LogP contribution < -0.4 is 5.32 Å². The van der Waals surface area contributed by atoms with Crippen molar-refractivity contribution in [2.24, 2.45) is 5.92 Å². The Hall–Kier alpha value is -1.89. The highest BCUT2D eigenvalue weighted by atomic mass is 32.1. The molecular weight excluding hydrogens is 326 g/mol. The van der Waals surface area contributed by atoms with Crippen LogP contribution in [0.5, 0.6) is 0 Å². The monoisotopic (exact) mass is 353 g/mol. The van der Waals surface area contributed by atoms with Crippen LogP contribution in [0.2, 0.25) is 0 Å². The van der Waals surface area contributed by atoms with Gasteiger partial charge in [0.1, 0.15) is 6.04 Å². The number of aromatic nitrogens is 1. The molecule has 0 spiro atoms. The fourth-order valence-corrected chi connectivity index (χ4v) is 2.91. The van der Waals surface area contributed by atoms with Crippen molar-refractivity contribution in [2.75, 3.05) is 13.7 Å². The second kappa shape index (κ2) is 9.42. The van der Waals surface area contributed by atoms with Gasteiger partial charge in [-0.25, -0.2) is 14.6 Å². The number of amides is 2. The zero-order valence-corrected chi connectivity index (χ0v) is 15.9. The second-order valence-electron chi connectivity index (χ2n) is 6.20. The molecule has 1 atom stereocenters. The second-order valence-corrected chi connectivity index (χ2v) is 7.08. The first-order valence-corrected chi connectivity index (χ1v) is 8.86. The lowest BCUT2D eigenvalue weighted by Crippen LogP contribution is -2.50. The van der Waals surface area contributed by atoms with E-state index in [9.17, 15) is 9.59 Å². The molecule has 0 unspecified atom stereocenters. The van der Waals surface area contributed by atoms with Gasteiger partial charge in [-0.05, 0) is 5.92 Å². The van der Waals surface area contributed by atoms with Gasteiger partial charge in [0.25, 0.3) is 0 Å². The highest BCUT2D eigenvalue weighted by molar-refractivity contribution is 7.09. The zero-order chi connectivity index (χ0) is 18.3. The molecule has 24 heavy (non-hydrogen) atoms. The van der Waals surface area contributed by atoms with E-state index in [2.05, 4.69) is 30.7 Å². The van der Waals surface area contributed by atoms with Crippen molar-refractivity contribution in [2.45, 2.75) is 46.2 Å². The number of carbonyl (C=O) groups is 2. The van der Waals surface area contributed by atoms with Gasteiger partial charge in [0.05, 0.1) is 24.4 Å². The van der Waals surface area contributed by atoms with Gasteiger partial charge in [0.2, 0.25) is 0 Å². The molecule has 0 radical (unpaired) electrons. The van der Waals surface area contributed by atoms with Gasteiger partial charge in [-0.2, -0.15) is 0 Å². The molecule has 1 rings (SSSR count). The van der Waals surface area contributed by atoms with E-state index < -0.39 is 12.0 Å². The molecular formula is C17H27N3O3S. The molecule has 0 fully saturated rings. The molecule has 0 aliphatic rings. The standard InChI is InChI=1S/C17H27N3O3S/c1-7-8-20(9-13-10-24-15(18-13)12(4)5)17(22)19-14(11(2)3)16(21)23-6/h7,10-12,14H,1,8-9H2,2-6H3,(H,19,22)/t14-/m0/s1. The van der Waals surface area contributed by atoms with Crippen molar-refractivity contribution in [1.82, 2.24) is 15.2 Å². The fourth-order valence-electron chi connectivity index (χ4n) is 2.08. The maximum Gasteiger partial charge on any atom is 0.328 e. The molecule has 1 aromatic rings. The summed E-state index contributed by atoms with van der Waals surface area (Å²) in [6.45, 7) is 12.3. The van der Waals surface area contributed by atoms with Crippen molar-refractivity contribution in [1.29, 1.82) is 0 Å². The fraction of sp³-hybridized carbons (Fsp3) is 0.588. The lowest BCUT2D eigenvalue weighted by atomic mass is 10.1. The topological polar surface area (TPSA) is 71.5 Å². The summed E-state index contributed by atoms with van der Waals surface area (Å²) in [4.78, 5) is 30.5. The molecule has 1 aromatic heterocycles. The number of hydrogen-bond acceptors (Lipinski definition) is 5. The van der Waals surface area contributed by atoms with Crippen molar-refractivity contribution in [3.63, 3.8) is 0 Å². The van der Waals surface area contributed by atoms with Crippen LogP contribution in [0.3, 0.4) is 0 Å². The van der Waals surface area contributed by atoms with Crippen LogP contribution >= 0.6 is 11.3 Å². The van der Waals surface area contributed by atoms with Crippen molar-refractivity contribution < 1.29 is 14.3 Å². The molecule has 2 amide bonds. The molecule has 0 bridgehead atoms. The third-order valence-corrected chi connectivity index (χ3v) is 4.65. The van der Waals surface area contributed by atoms with E-state index in [0.29, 0.717) is 19.0 Å². The van der Waals surface area contributed by atoms with Gasteiger partial charge in [0.15, 0.2) is 0 Å². The molecule has 0 saturated carbocycles. The summed E-state index contributed by atoms with van der Waals surface area (Å²) in [7, 11) is 1.31. The number of nitrogens with one attached hydrogen (secondary N) is 1.